The zero-order valence-electron chi connectivity index (χ0n) is 17.3. The normalized spacial score (nSPS) is 11.6. The van der Waals surface area contributed by atoms with Gasteiger partial charge in [0.25, 0.3) is 0 Å². The van der Waals surface area contributed by atoms with Gasteiger partial charge in [0, 0.05) is 30.2 Å². The number of hydrogen-bond donors (Lipinski definition) is 0. The first-order chi connectivity index (χ1) is 15.3. The fourth-order valence-electron chi connectivity index (χ4n) is 3.46. The molecular formula is C24H20F3N3O2. The zero-order chi connectivity index (χ0) is 22.7. The van der Waals surface area contributed by atoms with Crippen LogP contribution in [0.3, 0.4) is 0 Å². The number of alkyl halides is 3. The molecule has 3 aromatic heterocycles. The highest BCUT2D eigenvalue weighted by Crippen LogP contribution is 2.26. The van der Waals surface area contributed by atoms with E-state index in [1.54, 1.807) is 31.6 Å². The Labute approximate surface area is 182 Å². The second-order valence-electron chi connectivity index (χ2n) is 7.40. The predicted molar refractivity (Wildman–Crippen MR) is 114 cm³/mol. The Morgan fingerprint density at radius 1 is 1.03 bits per heavy atom. The average Bonchev–Trinajstić information content (AvgIpc) is 3.21. The SMILES string of the molecule is COc1ccc(-c2ccn3c(-c4cccc(CC(=O)CCC(F)(F)F)c4)cnc3c2)nc1. The van der Waals surface area contributed by atoms with Crippen LogP contribution in [0, 0.1) is 0 Å². The Bertz CT molecular complexity index is 1250. The average molecular weight is 439 g/mol. The van der Waals surface area contributed by atoms with Crippen molar-refractivity contribution in [3.63, 3.8) is 0 Å². The molecule has 0 spiro atoms. The summed E-state index contributed by atoms with van der Waals surface area (Å²) in [6.45, 7) is 0. The number of Topliss-reactive ketones (excluding diaryl/α,β-unsaturated/α-hetero) is 1. The first-order valence-corrected chi connectivity index (χ1v) is 9.98. The summed E-state index contributed by atoms with van der Waals surface area (Å²) in [5, 5.41) is 0. The summed E-state index contributed by atoms with van der Waals surface area (Å²) >= 11 is 0. The number of ketones is 1. The van der Waals surface area contributed by atoms with Gasteiger partial charge in [0.15, 0.2) is 0 Å². The van der Waals surface area contributed by atoms with Crippen LogP contribution in [0.1, 0.15) is 18.4 Å². The number of nitrogens with zero attached hydrogens (tertiary/aromatic N) is 3. The number of methoxy groups -OCH3 is 1. The molecule has 0 saturated carbocycles. The quantitative estimate of drug-likeness (QED) is 0.380. The smallest absolute Gasteiger partial charge is 0.389 e. The third-order valence-electron chi connectivity index (χ3n) is 5.09. The minimum Gasteiger partial charge on any atom is -0.495 e. The molecule has 0 fully saturated rings. The summed E-state index contributed by atoms with van der Waals surface area (Å²) in [6.07, 6.45) is -0.693. The minimum absolute atomic E-state index is 0.0338. The van der Waals surface area contributed by atoms with Crippen molar-refractivity contribution < 1.29 is 22.7 Å². The number of benzene rings is 1. The Morgan fingerprint density at radius 3 is 2.59 bits per heavy atom. The number of ether oxygens (including phenoxy) is 1. The highest BCUT2D eigenvalue weighted by molar-refractivity contribution is 5.81. The number of rotatable bonds is 7. The molecule has 0 amide bonds. The van der Waals surface area contributed by atoms with Gasteiger partial charge in [0.2, 0.25) is 0 Å². The van der Waals surface area contributed by atoms with E-state index < -0.39 is 24.8 Å². The second kappa shape index (κ2) is 8.82. The predicted octanol–water partition coefficient (Wildman–Crippen LogP) is 5.53. The van der Waals surface area contributed by atoms with E-state index in [0.717, 1.165) is 28.2 Å². The van der Waals surface area contributed by atoms with Gasteiger partial charge < -0.3 is 4.74 Å². The van der Waals surface area contributed by atoms with E-state index in [4.69, 9.17) is 4.74 Å². The molecule has 8 heteroatoms. The van der Waals surface area contributed by atoms with Crippen molar-refractivity contribution in [2.24, 2.45) is 0 Å². The molecule has 0 N–H and O–H groups in total. The molecule has 32 heavy (non-hydrogen) atoms. The summed E-state index contributed by atoms with van der Waals surface area (Å²) in [6, 6.07) is 14.8. The topological polar surface area (TPSA) is 56.5 Å². The summed E-state index contributed by atoms with van der Waals surface area (Å²) in [5.41, 5.74) is 4.73. The van der Waals surface area contributed by atoms with Gasteiger partial charge in [-0.3, -0.25) is 14.2 Å². The third kappa shape index (κ3) is 4.96. The van der Waals surface area contributed by atoms with Gasteiger partial charge in [0.05, 0.1) is 37.3 Å². The van der Waals surface area contributed by atoms with Crippen molar-refractivity contribution >= 4 is 11.4 Å². The highest BCUT2D eigenvalue weighted by Gasteiger charge is 2.27. The number of fused-ring (bicyclic) bond motifs is 1. The minimum atomic E-state index is -4.33. The van der Waals surface area contributed by atoms with Crippen molar-refractivity contribution in [3.05, 3.63) is 72.7 Å². The van der Waals surface area contributed by atoms with E-state index in [-0.39, 0.29) is 6.42 Å². The molecule has 4 aromatic rings. The van der Waals surface area contributed by atoms with Gasteiger partial charge >= 0.3 is 6.18 Å². The summed E-state index contributed by atoms with van der Waals surface area (Å²) in [7, 11) is 1.59. The van der Waals surface area contributed by atoms with Crippen molar-refractivity contribution in [1.82, 2.24) is 14.4 Å². The Kier molecular flexibility index (Phi) is 5.94. The fourth-order valence-corrected chi connectivity index (χ4v) is 3.46. The standard InChI is InChI=1S/C24H20F3N3O2/c1-32-20-5-6-21(28-14-20)17-8-10-30-22(15-29-23(30)13-17)18-4-2-3-16(11-18)12-19(31)7-9-24(25,26)27/h2-6,8,10-11,13-15H,7,9,12H2,1H3. The first-order valence-electron chi connectivity index (χ1n) is 9.98. The molecular weight excluding hydrogens is 419 g/mol. The molecule has 1 aromatic carbocycles. The lowest BCUT2D eigenvalue weighted by molar-refractivity contribution is -0.143. The number of imidazole rings is 1. The number of halogens is 3. The van der Waals surface area contributed by atoms with Crippen molar-refractivity contribution in [3.8, 4) is 28.3 Å². The van der Waals surface area contributed by atoms with Crippen LogP contribution in [0.4, 0.5) is 13.2 Å². The van der Waals surface area contributed by atoms with Gasteiger partial charge in [0.1, 0.15) is 17.2 Å². The summed E-state index contributed by atoms with van der Waals surface area (Å²) < 4.78 is 44.1. The molecule has 5 nitrogen and oxygen atoms in total. The summed E-state index contributed by atoms with van der Waals surface area (Å²) in [4.78, 5) is 20.8. The van der Waals surface area contributed by atoms with E-state index in [1.807, 2.05) is 47.0 Å². The molecule has 0 atom stereocenters. The molecule has 0 aliphatic heterocycles. The Hall–Kier alpha value is -3.68. The van der Waals surface area contributed by atoms with E-state index in [2.05, 4.69) is 9.97 Å². The molecule has 0 radical (unpaired) electrons. The van der Waals surface area contributed by atoms with Gasteiger partial charge in [-0.1, -0.05) is 18.2 Å². The van der Waals surface area contributed by atoms with Crippen LogP contribution in [0.5, 0.6) is 5.75 Å². The van der Waals surface area contributed by atoms with Crippen LogP contribution in [0.15, 0.2) is 67.1 Å². The van der Waals surface area contributed by atoms with Crippen molar-refractivity contribution in [2.75, 3.05) is 7.11 Å². The van der Waals surface area contributed by atoms with Crippen molar-refractivity contribution in [2.45, 2.75) is 25.4 Å². The number of carbonyl (C=O) groups excluding carboxylic acids is 1. The first kappa shape index (κ1) is 21.5. The van der Waals surface area contributed by atoms with Crippen LogP contribution in [-0.2, 0) is 11.2 Å². The molecule has 164 valence electrons. The third-order valence-corrected chi connectivity index (χ3v) is 5.09. The van der Waals surface area contributed by atoms with Gasteiger partial charge in [-0.25, -0.2) is 4.98 Å². The number of pyridine rings is 2. The van der Waals surface area contributed by atoms with Crippen LogP contribution in [-0.4, -0.2) is 33.4 Å². The van der Waals surface area contributed by atoms with E-state index in [1.165, 1.54) is 0 Å². The fraction of sp³-hybridized carbons (Fsp3) is 0.208. The Balaban J connectivity index is 1.56. The molecule has 3 heterocycles. The van der Waals surface area contributed by atoms with Gasteiger partial charge in [-0.2, -0.15) is 13.2 Å². The van der Waals surface area contributed by atoms with Gasteiger partial charge in [-0.05, 0) is 35.9 Å². The van der Waals surface area contributed by atoms with Crippen molar-refractivity contribution in [1.29, 1.82) is 0 Å². The lowest BCUT2D eigenvalue weighted by atomic mass is 10.0. The molecule has 4 rings (SSSR count). The largest absolute Gasteiger partial charge is 0.495 e. The van der Waals surface area contributed by atoms with Crippen LogP contribution in [0.25, 0.3) is 28.2 Å². The number of hydrogen-bond acceptors (Lipinski definition) is 4. The lowest BCUT2D eigenvalue weighted by Gasteiger charge is -2.08. The molecule has 0 saturated heterocycles. The molecule has 0 bridgehead atoms. The van der Waals surface area contributed by atoms with Crippen LogP contribution >= 0.6 is 0 Å². The second-order valence-corrected chi connectivity index (χ2v) is 7.40. The van der Waals surface area contributed by atoms with Crippen LogP contribution in [0.2, 0.25) is 0 Å². The number of carbonyl (C=O) groups is 1. The van der Waals surface area contributed by atoms with E-state index >= 15 is 0 Å². The Morgan fingerprint density at radius 2 is 1.88 bits per heavy atom. The number of aromatic nitrogens is 3. The maximum Gasteiger partial charge on any atom is 0.389 e. The molecule has 0 aliphatic carbocycles. The zero-order valence-corrected chi connectivity index (χ0v) is 17.3. The van der Waals surface area contributed by atoms with E-state index in [9.17, 15) is 18.0 Å². The molecule has 0 unspecified atom stereocenters. The monoisotopic (exact) mass is 439 g/mol. The molecule has 0 aliphatic rings. The van der Waals surface area contributed by atoms with Gasteiger partial charge in [-0.15, -0.1) is 0 Å². The maximum absolute atomic E-state index is 12.4. The maximum atomic E-state index is 12.4. The van der Waals surface area contributed by atoms with E-state index in [0.29, 0.717) is 11.3 Å². The van der Waals surface area contributed by atoms with Crippen LogP contribution < -0.4 is 4.74 Å². The summed E-state index contributed by atoms with van der Waals surface area (Å²) in [5.74, 6) is 0.240. The lowest BCUT2D eigenvalue weighted by Crippen LogP contribution is -2.12. The highest BCUT2D eigenvalue weighted by atomic mass is 19.4.